The molecule has 206 valence electrons. The normalized spacial score (nSPS) is 14.6. The Morgan fingerprint density at radius 3 is 2.44 bits per heavy atom. The van der Waals surface area contributed by atoms with Gasteiger partial charge in [0.1, 0.15) is 11.5 Å². The predicted octanol–water partition coefficient (Wildman–Crippen LogP) is 5.43. The summed E-state index contributed by atoms with van der Waals surface area (Å²) in [5, 5.41) is 2.83. The van der Waals surface area contributed by atoms with Crippen molar-refractivity contribution in [3.63, 3.8) is 0 Å². The Morgan fingerprint density at radius 1 is 1.05 bits per heavy atom. The van der Waals surface area contributed by atoms with Crippen molar-refractivity contribution >= 4 is 35.3 Å². The number of ether oxygens (including phenoxy) is 1. The zero-order chi connectivity index (χ0) is 27.9. The number of carbonyl (C=O) groups excluding carboxylic acids is 3. The molecular formula is C29H35N5O4S. The number of thiazole rings is 1. The fraction of sp³-hybridized carbons (Fsp3) is 0.414. The highest BCUT2D eigenvalue weighted by atomic mass is 32.1. The van der Waals surface area contributed by atoms with Crippen LogP contribution in [0.3, 0.4) is 0 Å². The van der Waals surface area contributed by atoms with Crippen molar-refractivity contribution in [1.82, 2.24) is 24.3 Å². The molecule has 0 saturated carbocycles. The molecule has 0 N–H and O–H groups in total. The van der Waals surface area contributed by atoms with Gasteiger partial charge in [-0.15, -0.1) is 11.3 Å². The van der Waals surface area contributed by atoms with Crippen LogP contribution in [-0.4, -0.2) is 55.9 Å². The van der Waals surface area contributed by atoms with Gasteiger partial charge in [0.05, 0.1) is 41.8 Å². The minimum atomic E-state index is -0.384. The summed E-state index contributed by atoms with van der Waals surface area (Å²) in [6.45, 7) is 7.20. The lowest BCUT2D eigenvalue weighted by molar-refractivity contribution is -0.123. The van der Waals surface area contributed by atoms with Gasteiger partial charge in [-0.25, -0.2) is 19.6 Å². The number of unbranched alkanes of at least 4 members (excludes halogenated alkanes) is 2. The Labute approximate surface area is 233 Å². The van der Waals surface area contributed by atoms with Crippen LogP contribution in [0.1, 0.15) is 77.7 Å². The standard InChI is InChI=1S/C29H35N5O4S/c1-5-7-9-26-30-16-24(33(26)17-21-10-12-22(13-11-21)28(36)38-4)15-25-27(35)32(14-8-6-2)29(37)34(25)18-23-19-39-20(3)31-23/h10-13,15-16,19H,5-9,14,17-18H2,1-4H3/b25-15-. The van der Waals surface area contributed by atoms with E-state index < -0.39 is 0 Å². The maximum Gasteiger partial charge on any atom is 0.337 e. The minimum Gasteiger partial charge on any atom is -0.465 e. The van der Waals surface area contributed by atoms with Gasteiger partial charge < -0.3 is 9.30 Å². The molecule has 3 heterocycles. The van der Waals surface area contributed by atoms with E-state index in [4.69, 9.17) is 4.74 Å². The number of carbonyl (C=O) groups is 3. The third-order valence-electron chi connectivity index (χ3n) is 6.66. The molecule has 1 fully saturated rings. The zero-order valence-electron chi connectivity index (χ0n) is 23.0. The van der Waals surface area contributed by atoms with Gasteiger partial charge in [-0.05, 0) is 43.5 Å². The SMILES string of the molecule is CCCCc1ncc(/C=C2/C(=O)N(CCCC)C(=O)N2Cc2csc(C)n2)n1Cc1ccc(C(=O)OC)cc1. The van der Waals surface area contributed by atoms with Crippen LogP contribution in [0.2, 0.25) is 0 Å². The number of amides is 3. The summed E-state index contributed by atoms with van der Waals surface area (Å²) in [5.74, 6) is 0.221. The second kappa shape index (κ2) is 12.8. The van der Waals surface area contributed by atoms with E-state index in [1.165, 1.54) is 28.2 Å². The largest absolute Gasteiger partial charge is 0.465 e. The van der Waals surface area contributed by atoms with E-state index in [9.17, 15) is 14.4 Å². The summed E-state index contributed by atoms with van der Waals surface area (Å²) in [4.78, 5) is 50.8. The molecule has 3 aromatic rings. The van der Waals surface area contributed by atoms with E-state index >= 15 is 0 Å². The predicted molar refractivity (Wildman–Crippen MR) is 150 cm³/mol. The number of nitrogens with zero attached hydrogens (tertiary/aromatic N) is 5. The molecule has 10 heteroatoms. The molecule has 3 amide bonds. The number of rotatable bonds is 12. The highest BCUT2D eigenvalue weighted by Gasteiger charge is 2.41. The molecule has 4 rings (SSSR count). The van der Waals surface area contributed by atoms with Crippen molar-refractivity contribution in [2.45, 2.75) is 66.0 Å². The molecule has 2 aromatic heterocycles. The van der Waals surface area contributed by atoms with Crippen molar-refractivity contribution in [2.24, 2.45) is 0 Å². The van der Waals surface area contributed by atoms with Crippen LogP contribution in [-0.2, 0) is 29.0 Å². The monoisotopic (exact) mass is 549 g/mol. The number of imidazole rings is 1. The minimum absolute atomic E-state index is 0.231. The van der Waals surface area contributed by atoms with Gasteiger partial charge in [0.15, 0.2) is 0 Å². The lowest BCUT2D eigenvalue weighted by Crippen LogP contribution is -2.33. The number of hydrogen-bond donors (Lipinski definition) is 0. The molecule has 0 unspecified atom stereocenters. The molecule has 0 spiro atoms. The first-order valence-electron chi connectivity index (χ1n) is 13.3. The average molecular weight is 550 g/mol. The number of imide groups is 1. The van der Waals surface area contributed by atoms with E-state index in [0.29, 0.717) is 24.4 Å². The van der Waals surface area contributed by atoms with E-state index in [2.05, 4.69) is 21.5 Å². The average Bonchev–Trinajstić information content (AvgIpc) is 3.59. The molecule has 9 nitrogen and oxygen atoms in total. The molecule has 0 aliphatic carbocycles. The van der Waals surface area contributed by atoms with Crippen molar-refractivity contribution in [1.29, 1.82) is 0 Å². The Bertz CT molecular complexity index is 1360. The Balaban J connectivity index is 1.71. The van der Waals surface area contributed by atoms with E-state index in [1.54, 1.807) is 24.4 Å². The number of urea groups is 1. The van der Waals surface area contributed by atoms with Crippen LogP contribution < -0.4 is 0 Å². The Morgan fingerprint density at radius 2 is 1.79 bits per heavy atom. The van der Waals surface area contributed by atoms with Crippen molar-refractivity contribution in [2.75, 3.05) is 13.7 Å². The van der Waals surface area contributed by atoms with Crippen molar-refractivity contribution in [3.8, 4) is 0 Å². The van der Waals surface area contributed by atoms with Gasteiger partial charge in [-0.2, -0.15) is 0 Å². The summed E-state index contributed by atoms with van der Waals surface area (Å²) in [5.41, 5.74) is 3.28. The third kappa shape index (κ3) is 6.44. The van der Waals surface area contributed by atoms with Crippen LogP contribution in [0, 0.1) is 6.92 Å². The van der Waals surface area contributed by atoms with Crippen LogP contribution in [0.15, 0.2) is 41.5 Å². The molecule has 1 aromatic carbocycles. The van der Waals surface area contributed by atoms with E-state index in [1.807, 2.05) is 31.4 Å². The van der Waals surface area contributed by atoms with Gasteiger partial charge in [-0.3, -0.25) is 14.6 Å². The third-order valence-corrected chi connectivity index (χ3v) is 7.48. The summed E-state index contributed by atoms with van der Waals surface area (Å²) < 4.78 is 6.89. The fourth-order valence-corrected chi connectivity index (χ4v) is 5.09. The van der Waals surface area contributed by atoms with Crippen molar-refractivity contribution in [3.05, 3.63) is 74.9 Å². The second-order valence-corrected chi connectivity index (χ2v) is 10.6. The van der Waals surface area contributed by atoms with E-state index in [-0.39, 0.29) is 24.5 Å². The number of hydrogen-bond acceptors (Lipinski definition) is 7. The Kier molecular flexibility index (Phi) is 9.29. The number of aromatic nitrogens is 3. The molecule has 1 aliphatic heterocycles. The summed E-state index contributed by atoms with van der Waals surface area (Å²) >= 11 is 1.52. The van der Waals surface area contributed by atoms with Gasteiger partial charge in [0.2, 0.25) is 0 Å². The van der Waals surface area contributed by atoms with Gasteiger partial charge in [0.25, 0.3) is 5.91 Å². The van der Waals surface area contributed by atoms with Crippen LogP contribution in [0.25, 0.3) is 6.08 Å². The van der Waals surface area contributed by atoms with E-state index in [0.717, 1.165) is 59.9 Å². The first kappa shape index (κ1) is 28.2. The smallest absolute Gasteiger partial charge is 0.337 e. The molecule has 0 bridgehead atoms. The highest BCUT2D eigenvalue weighted by Crippen LogP contribution is 2.27. The molecular weight excluding hydrogens is 514 g/mol. The molecule has 39 heavy (non-hydrogen) atoms. The summed E-state index contributed by atoms with van der Waals surface area (Å²) in [7, 11) is 1.36. The summed E-state index contributed by atoms with van der Waals surface area (Å²) in [6.07, 6.45) is 7.95. The fourth-order valence-electron chi connectivity index (χ4n) is 4.49. The Hall–Kier alpha value is -3.79. The van der Waals surface area contributed by atoms with Crippen molar-refractivity contribution < 1.29 is 19.1 Å². The van der Waals surface area contributed by atoms with Crippen LogP contribution >= 0.6 is 11.3 Å². The highest BCUT2D eigenvalue weighted by molar-refractivity contribution is 7.09. The topological polar surface area (TPSA) is 97.6 Å². The first-order valence-corrected chi connectivity index (χ1v) is 14.2. The van der Waals surface area contributed by atoms with Gasteiger partial charge in [-0.1, -0.05) is 38.8 Å². The second-order valence-electron chi connectivity index (χ2n) is 9.54. The quantitative estimate of drug-likeness (QED) is 0.170. The zero-order valence-corrected chi connectivity index (χ0v) is 23.8. The maximum atomic E-state index is 13.5. The molecule has 1 saturated heterocycles. The molecule has 1 aliphatic rings. The number of aryl methyl sites for hydroxylation is 2. The lowest BCUT2D eigenvalue weighted by Gasteiger charge is -2.16. The van der Waals surface area contributed by atoms with Gasteiger partial charge >= 0.3 is 12.0 Å². The van der Waals surface area contributed by atoms with Gasteiger partial charge in [0, 0.05) is 24.9 Å². The van der Waals surface area contributed by atoms with Crippen LogP contribution in [0.5, 0.6) is 0 Å². The first-order chi connectivity index (χ1) is 18.9. The maximum absolute atomic E-state index is 13.5. The molecule has 0 radical (unpaired) electrons. The number of esters is 1. The van der Waals surface area contributed by atoms with Crippen LogP contribution in [0.4, 0.5) is 4.79 Å². The number of benzene rings is 1. The lowest BCUT2D eigenvalue weighted by atomic mass is 10.1. The summed E-state index contributed by atoms with van der Waals surface area (Å²) in [6, 6.07) is 6.94. The molecule has 0 atom stereocenters. The number of methoxy groups -OCH3 is 1.